The second-order valence-corrected chi connectivity index (χ2v) is 10.5. The summed E-state index contributed by atoms with van der Waals surface area (Å²) in [7, 11) is 0. The monoisotopic (exact) mass is 714 g/mol. The third-order valence-corrected chi connectivity index (χ3v) is 8.41. The number of fused-ring (bicyclic) bond motifs is 7. The van der Waals surface area contributed by atoms with Gasteiger partial charge < -0.3 is 9.51 Å². The van der Waals surface area contributed by atoms with Gasteiger partial charge in [0.05, 0.1) is 5.76 Å². The van der Waals surface area contributed by atoms with E-state index in [2.05, 4.69) is 67.6 Å². The number of rotatable bonds is 7. The molecule has 0 aliphatic rings. The van der Waals surface area contributed by atoms with E-state index >= 15 is 0 Å². The zero-order valence-corrected chi connectivity index (χ0v) is 27.2. The number of carbonyl (C=O) groups excluding carboxylic acids is 1. The predicted molar refractivity (Wildman–Crippen MR) is 165 cm³/mol. The van der Waals surface area contributed by atoms with E-state index in [4.69, 9.17) is 4.98 Å². The number of carbonyl (C=O) groups is 1. The topological polar surface area (TPSA) is 54.6 Å². The van der Waals surface area contributed by atoms with Crippen molar-refractivity contribution in [2.75, 3.05) is 0 Å². The Morgan fingerprint density at radius 1 is 0.950 bits per heavy atom. The quantitative estimate of drug-likeness (QED) is 0.0602. The summed E-state index contributed by atoms with van der Waals surface area (Å²) in [6.07, 6.45) is 6.78. The second-order valence-electron chi connectivity index (χ2n) is 10.5. The molecule has 3 aromatic heterocycles. The van der Waals surface area contributed by atoms with E-state index in [-0.39, 0.29) is 43.5 Å². The third-order valence-electron chi connectivity index (χ3n) is 8.41. The van der Waals surface area contributed by atoms with Crippen LogP contribution in [0.5, 0.6) is 0 Å². The van der Waals surface area contributed by atoms with Crippen LogP contribution < -0.4 is 0 Å². The van der Waals surface area contributed by atoms with Crippen molar-refractivity contribution in [2.24, 2.45) is 11.8 Å². The van der Waals surface area contributed by atoms with Gasteiger partial charge in [-0.1, -0.05) is 62.1 Å². The molecule has 40 heavy (non-hydrogen) atoms. The van der Waals surface area contributed by atoms with Crippen molar-refractivity contribution in [1.29, 1.82) is 0 Å². The van der Waals surface area contributed by atoms with Gasteiger partial charge in [-0.25, -0.2) is 0 Å². The molecule has 213 valence electrons. The Bertz CT molecular complexity index is 1670. The molecule has 0 unspecified atom stereocenters. The number of nitrogens with zero attached hydrogens (tertiary/aromatic N) is 2. The number of aliphatic hydroxyl groups excluding tert-OH is 1. The summed E-state index contributed by atoms with van der Waals surface area (Å²) in [6.45, 7) is 14.7. The average Bonchev–Trinajstić information content (AvgIpc) is 3.18. The van der Waals surface area contributed by atoms with Crippen LogP contribution in [0.2, 0.25) is 0 Å². The molecular formula is C35H41IrN2O2-. The van der Waals surface area contributed by atoms with E-state index < -0.39 is 0 Å². The number of aryl methyl sites for hydroxylation is 2. The van der Waals surface area contributed by atoms with Gasteiger partial charge in [-0.15, -0.1) is 23.6 Å². The maximum absolute atomic E-state index is 11.7. The molecule has 5 rings (SSSR count). The molecule has 0 bridgehead atoms. The molecule has 0 saturated carbocycles. The molecule has 2 aromatic carbocycles. The molecule has 4 nitrogen and oxygen atoms in total. The molecule has 0 saturated heterocycles. The zero-order valence-electron chi connectivity index (χ0n) is 24.8. The van der Waals surface area contributed by atoms with Gasteiger partial charge in [-0.2, -0.15) is 0 Å². The number of pyridine rings is 2. The first-order valence-corrected chi connectivity index (χ1v) is 14.3. The minimum Gasteiger partial charge on any atom is -0.512 e. The van der Waals surface area contributed by atoms with Crippen LogP contribution in [0.4, 0.5) is 0 Å². The van der Waals surface area contributed by atoms with Crippen molar-refractivity contribution in [3.8, 4) is 0 Å². The minimum atomic E-state index is 0. The summed E-state index contributed by atoms with van der Waals surface area (Å²) < 4.78 is 2.36. The van der Waals surface area contributed by atoms with Gasteiger partial charge >= 0.3 is 0 Å². The summed E-state index contributed by atoms with van der Waals surface area (Å²) in [5.41, 5.74) is 7.43. The fraction of sp³-hybridized carbons (Fsp3) is 0.371. The van der Waals surface area contributed by atoms with E-state index in [0.717, 1.165) is 47.5 Å². The van der Waals surface area contributed by atoms with Gasteiger partial charge in [0.1, 0.15) is 0 Å². The summed E-state index contributed by atoms with van der Waals surface area (Å²) in [6, 6.07) is 18.5. The Kier molecular flexibility index (Phi) is 10.7. The van der Waals surface area contributed by atoms with E-state index in [1.54, 1.807) is 0 Å². The predicted octanol–water partition coefficient (Wildman–Crippen LogP) is 9.39. The first-order valence-electron chi connectivity index (χ1n) is 14.3. The smallest absolute Gasteiger partial charge is 0.162 e. The number of benzene rings is 2. The summed E-state index contributed by atoms with van der Waals surface area (Å²) in [4.78, 5) is 16.4. The van der Waals surface area contributed by atoms with Crippen LogP contribution in [0.3, 0.4) is 0 Å². The number of aliphatic hydroxyl groups is 1. The van der Waals surface area contributed by atoms with E-state index in [0.29, 0.717) is 0 Å². The molecule has 5 aromatic rings. The van der Waals surface area contributed by atoms with E-state index in [1.165, 1.54) is 39.2 Å². The molecule has 0 amide bonds. The van der Waals surface area contributed by atoms with Crippen molar-refractivity contribution in [3.63, 3.8) is 0 Å². The Balaban J connectivity index is 0.000000243. The molecule has 0 fully saturated rings. The summed E-state index contributed by atoms with van der Waals surface area (Å²) >= 11 is 0. The van der Waals surface area contributed by atoms with E-state index in [1.807, 2.05) is 40.0 Å². The van der Waals surface area contributed by atoms with Crippen LogP contribution >= 0.6 is 0 Å². The molecule has 5 heteroatoms. The van der Waals surface area contributed by atoms with Crippen LogP contribution in [0, 0.1) is 38.7 Å². The number of hydrogen-bond acceptors (Lipinski definition) is 3. The Labute approximate surface area is 251 Å². The van der Waals surface area contributed by atoms with Crippen molar-refractivity contribution in [2.45, 2.75) is 74.1 Å². The van der Waals surface area contributed by atoms with Crippen molar-refractivity contribution in [1.82, 2.24) is 9.38 Å². The van der Waals surface area contributed by atoms with Gasteiger partial charge in [0.15, 0.2) is 5.78 Å². The fourth-order valence-electron chi connectivity index (χ4n) is 5.66. The van der Waals surface area contributed by atoms with Gasteiger partial charge in [0.2, 0.25) is 0 Å². The van der Waals surface area contributed by atoms with Crippen molar-refractivity contribution < 1.29 is 30.0 Å². The molecule has 3 heterocycles. The van der Waals surface area contributed by atoms with Crippen molar-refractivity contribution >= 4 is 43.9 Å². The number of hydrogen-bond donors (Lipinski definition) is 1. The fourth-order valence-corrected chi connectivity index (χ4v) is 5.66. The maximum Gasteiger partial charge on any atom is 0.162 e. The minimum absolute atomic E-state index is 0. The van der Waals surface area contributed by atoms with Crippen LogP contribution in [-0.2, 0) is 24.9 Å². The third kappa shape index (κ3) is 5.87. The average molecular weight is 714 g/mol. The Morgan fingerprint density at radius 2 is 1.60 bits per heavy atom. The van der Waals surface area contributed by atoms with Gasteiger partial charge in [0, 0.05) is 66.5 Å². The second kappa shape index (κ2) is 13.6. The first kappa shape index (κ1) is 31.5. The molecule has 0 atom stereocenters. The van der Waals surface area contributed by atoms with Gasteiger partial charge in [-0.05, 0) is 69.7 Å². The number of ketones is 1. The SMILES string of the molecule is CCC(CC)C(=O)/C=C(\O)C(CC)CC.Cc1c(C)c2c3cc4ccccc4[c-]c3c3ncccc3n2c1C.[Ir]. The molecular weight excluding hydrogens is 673 g/mol. The molecule has 0 aliphatic carbocycles. The molecule has 0 aliphatic heterocycles. The molecule has 1 N–H and O–H groups in total. The largest absolute Gasteiger partial charge is 0.512 e. The Morgan fingerprint density at radius 3 is 2.25 bits per heavy atom. The molecule has 1 radical (unpaired) electrons. The van der Waals surface area contributed by atoms with Crippen LogP contribution in [-0.4, -0.2) is 20.3 Å². The van der Waals surface area contributed by atoms with Crippen LogP contribution in [0.1, 0.15) is 70.2 Å². The van der Waals surface area contributed by atoms with Crippen molar-refractivity contribution in [3.05, 3.63) is 83.4 Å². The standard InChI is InChI=1S/C22H17N2.C13H24O2.Ir/c1-13-14(2)22-19-12-17-8-5-4-7-16(17)11-18(19)21-20(9-6-10-23-21)24(22)15(13)3;1-5-10(6-2)12(14)9-13(15)11(7-3)8-4;/h4-10,12H,1-3H3;9-11,14H,5-8H2,1-4H3;/q-1;;/b;12-9-;. The summed E-state index contributed by atoms with van der Waals surface area (Å²) in [5.74, 6) is 0.547. The van der Waals surface area contributed by atoms with Gasteiger partial charge in [-0.3, -0.25) is 9.78 Å². The Hall–Kier alpha value is -3.01. The number of allylic oxidation sites excluding steroid dienone is 2. The zero-order chi connectivity index (χ0) is 28.3. The number of aromatic nitrogens is 2. The normalized spacial score (nSPS) is 11.9. The summed E-state index contributed by atoms with van der Waals surface area (Å²) in [5, 5.41) is 14.5. The molecule has 0 spiro atoms. The first-order chi connectivity index (χ1) is 18.8. The maximum atomic E-state index is 11.7. The van der Waals surface area contributed by atoms with Crippen LogP contribution in [0.25, 0.3) is 38.1 Å². The van der Waals surface area contributed by atoms with Gasteiger partial charge in [0.25, 0.3) is 0 Å². The van der Waals surface area contributed by atoms with Crippen LogP contribution in [0.15, 0.2) is 60.5 Å². The van der Waals surface area contributed by atoms with E-state index in [9.17, 15) is 9.90 Å².